The molecule has 1 unspecified atom stereocenters. The van der Waals surface area contributed by atoms with E-state index < -0.39 is 5.60 Å². The Morgan fingerprint density at radius 2 is 2.00 bits per heavy atom. The van der Waals surface area contributed by atoms with Crippen LogP contribution in [0.4, 0.5) is 0 Å². The molecule has 1 rings (SSSR count). The van der Waals surface area contributed by atoms with Gasteiger partial charge in [0, 0.05) is 6.42 Å². The molecule has 0 aliphatic rings. The van der Waals surface area contributed by atoms with Gasteiger partial charge in [-0.05, 0) is 25.0 Å². The van der Waals surface area contributed by atoms with E-state index in [9.17, 15) is 5.11 Å². The highest BCUT2D eigenvalue weighted by Gasteiger charge is 2.20. The molecule has 78 valence electrons. The first kappa shape index (κ1) is 11.8. The summed E-state index contributed by atoms with van der Waals surface area (Å²) in [5.41, 5.74) is 0.180. The summed E-state index contributed by atoms with van der Waals surface area (Å²) >= 11 is 11.9. The molecule has 1 aromatic carbocycles. The van der Waals surface area contributed by atoms with Gasteiger partial charge >= 0.3 is 0 Å². The number of rotatable bonds is 3. The fraction of sp³-hybridized carbons (Fsp3) is 0.455. The Balaban J connectivity index is 2.92. The van der Waals surface area contributed by atoms with Crippen molar-refractivity contribution in [3.05, 3.63) is 33.8 Å². The molecule has 1 N–H and O–H groups in total. The molecule has 0 bridgehead atoms. The van der Waals surface area contributed by atoms with Crippen molar-refractivity contribution in [1.29, 1.82) is 0 Å². The van der Waals surface area contributed by atoms with Gasteiger partial charge in [0.05, 0.1) is 15.6 Å². The Bertz CT molecular complexity index is 321. The Hall–Kier alpha value is -0.240. The van der Waals surface area contributed by atoms with Gasteiger partial charge in [0.25, 0.3) is 0 Å². The number of halogens is 2. The molecule has 0 heterocycles. The van der Waals surface area contributed by atoms with Crippen LogP contribution in [0, 0.1) is 0 Å². The number of aliphatic hydroxyl groups is 1. The molecule has 0 aliphatic heterocycles. The molecular weight excluding hydrogens is 219 g/mol. The monoisotopic (exact) mass is 232 g/mol. The van der Waals surface area contributed by atoms with E-state index in [1.807, 2.05) is 19.1 Å². The van der Waals surface area contributed by atoms with Crippen LogP contribution < -0.4 is 0 Å². The van der Waals surface area contributed by atoms with Crippen LogP contribution in [0.15, 0.2) is 18.2 Å². The summed E-state index contributed by atoms with van der Waals surface area (Å²) in [6, 6.07) is 5.47. The van der Waals surface area contributed by atoms with E-state index in [2.05, 4.69) is 0 Å². The third-order valence-electron chi connectivity index (χ3n) is 2.36. The van der Waals surface area contributed by atoms with Crippen LogP contribution in [0.2, 0.25) is 10.0 Å². The molecule has 0 saturated heterocycles. The van der Waals surface area contributed by atoms with Crippen molar-refractivity contribution in [3.63, 3.8) is 0 Å². The second-order valence-electron chi connectivity index (χ2n) is 3.74. The van der Waals surface area contributed by atoms with Gasteiger partial charge in [-0.25, -0.2) is 0 Å². The largest absolute Gasteiger partial charge is 0.390 e. The average molecular weight is 233 g/mol. The van der Waals surface area contributed by atoms with E-state index in [0.717, 1.165) is 5.56 Å². The lowest BCUT2D eigenvalue weighted by atomic mass is 9.94. The molecule has 0 fully saturated rings. The van der Waals surface area contributed by atoms with Gasteiger partial charge in [-0.3, -0.25) is 0 Å². The SMILES string of the molecule is CCC(C)(O)Cc1cccc(Cl)c1Cl. The molecule has 1 aromatic rings. The molecule has 14 heavy (non-hydrogen) atoms. The van der Waals surface area contributed by atoms with Gasteiger partial charge in [-0.15, -0.1) is 0 Å². The lowest BCUT2D eigenvalue weighted by molar-refractivity contribution is 0.0565. The molecule has 1 nitrogen and oxygen atoms in total. The standard InChI is InChI=1S/C11H14Cl2O/c1-3-11(2,14)7-8-5-4-6-9(12)10(8)13/h4-6,14H,3,7H2,1-2H3. The predicted octanol–water partition coefficient (Wildman–Crippen LogP) is 3.70. The van der Waals surface area contributed by atoms with Crippen LogP contribution in [0.5, 0.6) is 0 Å². The molecule has 0 spiro atoms. The summed E-state index contributed by atoms with van der Waals surface area (Å²) in [6.45, 7) is 3.74. The second kappa shape index (κ2) is 4.52. The predicted molar refractivity (Wildman–Crippen MR) is 61.1 cm³/mol. The van der Waals surface area contributed by atoms with Crippen molar-refractivity contribution in [2.45, 2.75) is 32.3 Å². The maximum atomic E-state index is 9.89. The molecule has 3 heteroatoms. The lowest BCUT2D eigenvalue weighted by Crippen LogP contribution is -2.25. The van der Waals surface area contributed by atoms with Crippen LogP contribution in [0.25, 0.3) is 0 Å². The van der Waals surface area contributed by atoms with Crippen molar-refractivity contribution in [2.24, 2.45) is 0 Å². The summed E-state index contributed by atoms with van der Waals surface area (Å²) in [7, 11) is 0. The van der Waals surface area contributed by atoms with E-state index in [1.165, 1.54) is 0 Å². The third kappa shape index (κ3) is 2.88. The van der Waals surface area contributed by atoms with Crippen LogP contribution in [-0.4, -0.2) is 10.7 Å². The Kier molecular flexibility index (Phi) is 3.82. The normalized spacial score (nSPS) is 15.2. The molecule has 1 atom stereocenters. The van der Waals surface area contributed by atoms with Crippen molar-refractivity contribution in [2.75, 3.05) is 0 Å². The zero-order chi connectivity index (χ0) is 10.8. The van der Waals surface area contributed by atoms with E-state index in [-0.39, 0.29) is 0 Å². The van der Waals surface area contributed by atoms with Crippen molar-refractivity contribution < 1.29 is 5.11 Å². The Morgan fingerprint density at radius 1 is 1.36 bits per heavy atom. The maximum absolute atomic E-state index is 9.89. The fourth-order valence-corrected chi connectivity index (χ4v) is 1.61. The average Bonchev–Trinajstić information content (AvgIpc) is 2.13. The first-order chi connectivity index (χ1) is 6.46. The molecule has 0 aliphatic carbocycles. The first-order valence-corrected chi connectivity index (χ1v) is 5.37. The smallest absolute Gasteiger partial charge is 0.0657 e. The first-order valence-electron chi connectivity index (χ1n) is 4.61. The molecule has 0 radical (unpaired) electrons. The summed E-state index contributed by atoms with van der Waals surface area (Å²) in [5.74, 6) is 0. The van der Waals surface area contributed by atoms with E-state index in [0.29, 0.717) is 22.9 Å². The summed E-state index contributed by atoms with van der Waals surface area (Å²) in [4.78, 5) is 0. The molecule has 0 amide bonds. The topological polar surface area (TPSA) is 20.2 Å². The second-order valence-corrected chi connectivity index (χ2v) is 4.53. The third-order valence-corrected chi connectivity index (χ3v) is 3.22. The number of benzene rings is 1. The van der Waals surface area contributed by atoms with Crippen molar-refractivity contribution in [1.82, 2.24) is 0 Å². The number of hydrogen-bond donors (Lipinski definition) is 1. The van der Waals surface area contributed by atoms with Crippen LogP contribution in [-0.2, 0) is 6.42 Å². The van der Waals surface area contributed by atoms with E-state index in [1.54, 1.807) is 13.0 Å². The quantitative estimate of drug-likeness (QED) is 0.843. The highest BCUT2D eigenvalue weighted by molar-refractivity contribution is 6.42. The van der Waals surface area contributed by atoms with Crippen molar-refractivity contribution in [3.8, 4) is 0 Å². The van der Waals surface area contributed by atoms with Gasteiger partial charge < -0.3 is 5.11 Å². The van der Waals surface area contributed by atoms with Gasteiger partial charge in [-0.2, -0.15) is 0 Å². The van der Waals surface area contributed by atoms with E-state index >= 15 is 0 Å². The summed E-state index contributed by atoms with van der Waals surface area (Å²) in [6.07, 6.45) is 1.22. The zero-order valence-electron chi connectivity index (χ0n) is 8.35. The van der Waals surface area contributed by atoms with Crippen molar-refractivity contribution >= 4 is 23.2 Å². The van der Waals surface area contributed by atoms with Crippen LogP contribution in [0.3, 0.4) is 0 Å². The van der Waals surface area contributed by atoms with Gasteiger partial charge in [0.1, 0.15) is 0 Å². The molecule has 0 aromatic heterocycles. The highest BCUT2D eigenvalue weighted by atomic mass is 35.5. The molecular formula is C11H14Cl2O. The summed E-state index contributed by atoms with van der Waals surface area (Å²) in [5, 5.41) is 11.0. The fourth-order valence-electron chi connectivity index (χ4n) is 1.22. The molecule has 0 saturated carbocycles. The highest BCUT2D eigenvalue weighted by Crippen LogP contribution is 2.28. The van der Waals surface area contributed by atoms with Gasteiger partial charge in [0.15, 0.2) is 0 Å². The lowest BCUT2D eigenvalue weighted by Gasteiger charge is -2.21. The minimum absolute atomic E-state index is 0.531. The number of hydrogen-bond acceptors (Lipinski definition) is 1. The van der Waals surface area contributed by atoms with Gasteiger partial charge in [-0.1, -0.05) is 42.3 Å². The Morgan fingerprint density at radius 3 is 2.57 bits per heavy atom. The minimum atomic E-state index is -0.714. The van der Waals surface area contributed by atoms with Gasteiger partial charge in [0.2, 0.25) is 0 Å². The van der Waals surface area contributed by atoms with E-state index in [4.69, 9.17) is 23.2 Å². The van der Waals surface area contributed by atoms with Crippen LogP contribution in [0.1, 0.15) is 25.8 Å². The minimum Gasteiger partial charge on any atom is -0.390 e. The zero-order valence-corrected chi connectivity index (χ0v) is 9.86. The Labute approximate surface area is 94.7 Å². The maximum Gasteiger partial charge on any atom is 0.0657 e. The van der Waals surface area contributed by atoms with Crippen LogP contribution >= 0.6 is 23.2 Å². The summed E-state index contributed by atoms with van der Waals surface area (Å²) < 4.78 is 0.